The van der Waals surface area contributed by atoms with Gasteiger partial charge < -0.3 is 9.80 Å². The molecule has 0 spiro atoms. The number of hydrogen-bond acceptors (Lipinski definition) is 7. The Balaban J connectivity index is 1.61. The molecule has 3 aromatic heterocycles. The number of rotatable bonds is 5. The first-order valence-electron chi connectivity index (χ1n) is 9.87. The Bertz CT molecular complexity index is 1080. The van der Waals surface area contributed by atoms with Gasteiger partial charge in [0.1, 0.15) is 21.8 Å². The Hall–Kier alpha value is -1.88. The lowest BCUT2D eigenvalue weighted by molar-refractivity contribution is 0.311. The average molecular weight is 432 g/mol. The molecule has 1 unspecified atom stereocenters. The number of anilines is 1. The number of nitrogens with zero attached hydrogens (tertiary/aromatic N) is 6. The van der Waals surface area contributed by atoms with Crippen molar-refractivity contribution < 1.29 is 4.21 Å². The summed E-state index contributed by atoms with van der Waals surface area (Å²) < 4.78 is 18.4. The van der Waals surface area contributed by atoms with Crippen molar-refractivity contribution in [2.45, 2.75) is 37.1 Å². The Morgan fingerprint density at radius 1 is 1.17 bits per heavy atom. The van der Waals surface area contributed by atoms with Crippen molar-refractivity contribution in [3.05, 3.63) is 23.3 Å². The SMILES string of the molecule is Cc1nnc(-c2cnn3c(N4CCN(C)CC4)cc(S(=O)NC4(C)CC4)cc23)s1. The van der Waals surface area contributed by atoms with Gasteiger partial charge in [-0.2, -0.15) is 5.10 Å². The Morgan fingerprint density at radius 2 is 1.93 bits per heavy atom. The zero-order valence-corrected chi connectivity index (χ0v) is 18.5. The summed E-state index contributed by atoms with van der Waals surface area (Å²) in [6.45, 7) is 7.89. The highest BCUT2D eigenvalue weighted by molar-refractivity contribution is 7.83. The highest BCUT2D eigenvalue weighted by Gasteiger charge is 2.39. The van der Waals surface area contributed by atoms with Crippen LogP contribution in [0.4, 0.5) is 5.82 Å². The smallest absolute Gasteiger partial charge is 0.151 e. The maximum absolute atomic E-state index is 13.1. The summed E-state index contributed by atoms with van der Waals surface area (Å²) in [5, 5.41) is 14.9. The molecule has 1 saturated carbocycles. The van der Waals surface area contributed by atoms with Crippen LogP contribution in [0.1, 0.15) is 24.8 Å². The third kappa shape index (κ3) is 3.70. The Kier molecular flexibility index (Phi) is 4.69. The second-order valence-electron chi connectivity index (χ2n) is 8.25. The van der Waals surface area contributed by atoms with Crippen LogP contribution in [-0.4, -0.2) is 67.7 Å². The largest absolute Gasteiger partial charge is 0.354 e. The number of aryl methyl sites for hydroxylation is 1. The molecule has 3 aromatic rings. The van der Waals surface area contributed by atoms with Gasteiger partial charge in [0.2, 0.25) is 0 Å². The molecular weight excluding hydrogens is 406 g/mol. The van der Waals surface area contributed by atoms with Gasteiger partial charge in [0.25, 0.3) is 0 Å². The van der Waals surface area contributed by atoms with Crippen molar-refractivity contribution in [1.29, 1.82) is 0 Å². The van der Waals surface area contributed by atoms with Crippen LogP contribution in [0.3, 0.4) is 0 Å². The molecule has 1 atom stereocenters. The molecule has 2 fully saturated rings. The number of hydrogen-bond donors (Lipinski definition) is 1. The molecular formula is C19H25N7OS2. The van der Waals surface area contributed by atoms with Crippen LogP contribution in [-0.2, 0) is 11.0 Å². The van der Waals surface area contributed by atoms with Crippen molar-refractivity contribution in [3.63, 3.8) is 0 Å². The molecule has 0 radical (unpaired) electrons. The number of piperazine rings is 1. The van der Waals surface area contributed by atoms with Gasteiger partial charge in [0.15, 0.2) is 5.01 Å². The summed E-state index contributed by atoms with van der Waals surface area (Å²) in [4.78, 5) is 5.43. The van der Waals surface area contributed by atoms with Gasteiger partial charge in [-0.3, -0.25) is 0 Å². The molecule has 0 bridgehead atoms. The summed E-state index contributed by atoms with van der Waals surface area (Å²) in [6, 6.07) is 4.00. The van der Waals surface area contributed by atoms with E-state index in [9.17, 15) is 4.21 Å². The maximum Gasteiger partial charge on any atom is 0.151 e. The lowest BCUT2D eigenvalue weighted by Crippen LogP contribution is -2.45. The number of nitrogens with one attached hydrogen (secondary N) is 1. The third-order valence-electron chi connectivity index (χ3n) is 5.71. The summed E-state index contributed by atoms with van der Waals surface area (Å²) in [5.41, 5.74) is 1.84. The van der Waals surface area contributed by atoms with E-state index in [-0.39, 0.29) is 5.54 Å². The van der Waals surface area contributed by atoms with E-state index in [1.54, 1.807) is 11.3 Å². The molecule has 1 N–H and O–H groups in total. The van der Waals surface area contributed by atoms with Crippen molar-refractivity contribution in [2.75, 3.05) is 38.1 Å². The lowest BCUT2D eigenvalue weighted by atomic mass is 10.2. The topological polar surface area (TPSA) is 78.7 Å². The predicted octanol–water partition coefficient (Wildman–Crippen LogP) is 2.08. The van der Waals surface area contributed by atoms with Crippen LogP contribution in [0.25, 0.3) is 16.1 Å². The van der Waals surface area contributed by atoms with E-state index in [2.05, 4.69) is 43.8 Å². The molecule has 0 amide bonds. The predicted molar refractivity (Wildman–Crippen MR) is 116 cm³/mol. The Morgan fingerprint density at radius 3 is 2.59 bits per heavy atom. The van der Waals surface area contributed by atoms with Gasteiger partial charge in [-0.1, -0.05) is 11.3 Å². The zero-order chi connectivity index (χ0) is 20.2. The monoisotopic (exact) mass is 431 g/mol. The van der Waals surface area contributed by atoms with Gasteiger partial charge in [0.05, 0.1) is 22.2 Å². The minimum atomic E-state index is -1.27. The number of pyridine rings is 1. The molecule has 4 heterocycles. The van der Waals surface area contributed by atoms with E-state index < -0.39 is 11.0 Å². The normalized spacial score (nSPS) is 20.3. The van der Waals surface area contributed by atoms with Crippen molar-refractivity contribution in [1.82, 2.24) is 29.4 Å². The first kappa shape index (κ1) is 19.1. The minimum absolute atomic E-state index is 0.00952. The lowest BCUT2D eigenvalue weighted by Gasteiger charge is -2.34. The first-order chi connectivity index (χ1) is 13.9. The van der Waals surface area contributed by atoms with Gasteiger partial charge >= 0.3 is 0 Å². The van der Waals surface area contributed by atoms with Crippen molar-refractivity contribution in [2.24, 2.45) is 0 Å². The molecule has 1 aliphatic heterocycles. The van der Waals surface area contributed by atoms with Gasteiger partial charge in [0, 0.05) is 31.7 Å². The van der Waals surface area contributed by atoms with Crippen LogP contribution in [0.15, 0.2) is 23.2 Å². The maximum atomic E-state index is 13.1. The molecule has 10 heteroatoms. The third-order valence-corrected chi connectivity index (χ3v) is 7.92. The second kappa shape index (κ2) is 7.12. The number of likely N-dealkylation sites (N-methyl/N-ethyl adjacent to an activating group) is 1. The molecule has 5 rings (SSSR count). The van der Waals surface area contributed by atoms with Gasteiger partial charge in [-0.05, 0) is 45.9 Å². The molecule has 0 aromatic carbocycles. The molecule has 2 aliphatic rings. The van der Waals surface area contributed by atoms with Crippen LogP contribution in [0.5, 0.6) is 0 Å². The fourth-order valence-corrected chi connectivity index (χ4v) is 5.47. The zero-order valence-electron chi connectivity index (χ0n) is 16.9. The molecule has 1 aliphatic carbocycles. The number of fused-ring (bicyclic) bond motifs is 1. The standard InChI is InChI=1S/C19H25N7OS2/c1-13-21-22-18(28-13)15-12-20-26-16(15)10-14(29(27)23-19(2)4-5-19)11-17(26)25-8-6-24(3)7-9-25/h10-12,23H,4-9H2,1-3H3. The number of aromatic nitrogens is 4. The van der Waals surface area contributed by atoms with Gasteiger partial charge in [-0.25, -0.2) is 13.4 Å². The van der Waals surface area contributed by atoms with Crippen LogP contribution in [0, 0.1) is 6.92 Å². The molecule has 29 heavy (non-hydrogen) atoms. The summed E-state index contributed by atoms with van der Waals surface area (Å²) >= 11 is 1.55. The van der Waals surface area contributed by atoms with Crippen molar-refractivity contribution >= 4 is 33.7 Å². The van der Waals surface area contributed by atoms with Crippen LogP contribution < -0.4 is 9.62 Å². The minimum Gasteiger partial charge on any atom is -0.354 e. The molecule has 8 nitrogen and oxygen atoms in total. The van der Waals surface area contributed by atoms with Crippen molar-refractivity contribution in [3.8, 4) is 10.6 Å². The van der Waals surface area contributed by atoms with E-state index in [0.29, 0.717) is 0 Å². The fourth-order valence-electron chi connectivity index (χ4n) is 3.55. The van der Waals surface area contributed by atoms with E-state index >= 15 is 0 Å². The Labute approximate surface area is 176 Å². The second-order valence-corrected chi connectivity index (χ2v) is 10.6. The quantitative estimate of drug-likeness (QED) is 0.666. The van der Waals surface area contributed by atoms with E-state index in [1.165, 1.54) is 0 Å². The van der Waals surface area contributed by atoms with Gasteiger partial charge in [-0.15, -0.1) is 10.2 Å². The van der Waals surface area contributed by atoms with Crippen LogP contribution >= 0.6 is 11.3 Å². The van der Waals surface area contributed by atoms with E-state index in [1.807, 2.05) is 29.8 Å². The summed E-state index contributed by atoms with van der Waals surface area (Å²) in [6.07, 6.45) is 3.97. The fraction of sp³-hybridized carbons (Fsp3) is 0.526. The molecule has 154 valence electrons. The summed E-state index contributed by atoms with van der Waals surface area (Å²) in [5.74, 6) is 0.981. The van der Waals surface area contributed by atoms with E-state index in [4.69, 9.17) is 0 Å². The van der Waals surface area contributed by atoms with Crippen LogP contribution in [0.2, 0.25) is 0 Å². The van der Waals surface area contributed by atoms with E-state index in [0.717, 1.165) is 70.8 Å². The highest BCUT2D eigenvalue weighted by Crippen LogP contribution is 2.36. The average Bonchev–Trinajstić information content (AvgIpc) is 3.08. The molecule has 1 saturated heterocycles. The highest BCUT2D eigenvalue weighted by atomic mass is 32.2. The summed E-state index contributed by atoms with van der Waals surface area (Å²) in [7, 11) is 0.869. The first-order valence-corrected chi connectivity index (χ1v) is 11.8.